The maximum atomic E-state index is 13.0. The summed E-state index contributed by atoms with van der Waals surface area (Å²) in [6.07, 6.45) is 3.38. The highest BCUT2D eigenvalue weighted by Crippen LogP contribution is 2.36. The van der Waals surface area contributed by atoms with Gasteiger partial charge in [0, 0.05) is 20.9 Å². The van der Waals surface area contributed by atoms with Gasteiger partial charge in [-0.15, -0.1) is 22.7 Å². The van der Waals surface area contributed by atoms with Gasteiger partial charge in [0.05, 0.1) is 19.8 Å². The Morgan fingerprint density at radius 2 is 1.63 bits per heavy atom. The first-order chi connectivity index (χ1) is 14.7. The van der Waals surface area contributed by atoms with Crippen molar-refractivity contribution in [1.29, 1.82) is 0 Å². The molecule has 3 nitrogen and oxygen atoms in total. The standard InChI is InChI=1S/C25H20O3S2/c1-27-22-13-11-18(23-8-4-14-29-23)16-17(22)10-12-21(26)19-6-3-7-20(25(19)28-2)24-9-5-15-30-24/h3-16H,1-2H3. The fraction of sp³-hybridized carbons (Fsp3) is 0.0800. The molecule has 0 fully saturated rings. The van der Waals surface area contributed by atoms with Gasteiger partial charge in [0.2, 0.25) is 0 Å². The van der Waals surface area contributed by atoms with Gasteiger partial charge < -0.3 is 9.47 Å². The third-order valence-electron chi connectivity index (χ3n) is 4.72. The van der Waals surface area contributed by atoms with Crippen LogP contribution >= 0.6 is 22.7 Å². The molecule has 0 saturated heterocycles. The fourth-order valence-corrected chi connectivity index (χ4v) is 4.77. The van der Waals surface area contributed by atoms with Crippen LogP contribution in [0, 0.1) is 0 Å². The molecule has 0 radical (unpaired) electrons. The number of para-hydroxylation sites is 1. The molecule has 0 amide bonds. The zero-order valence-corrected chi connectivity index (χ0v) is 18.3. The molecule has 2 aromatic heterocycles. The van der Waals surface area contributed by atoms with Gasteiger partial charge in [0.1, 0.15) is 11.5 Å². The summed E-state index contributed by atoms with van der Waals surface area (Å²) in [5, 5.41) is 4.06. The van der Waals surface area contributed by atoms with Gasteiger partial charge in [0.15, 0.2) is 5.78 Å². The second-order valence-corrected chi connectivity index (χ2v) is 8.39. The van der Waals surface area contributed by atoms with E-state index < -0.39 is 0 Å². The lowest BCUT2D eigenvalue weighted by molar-refractivity contribution is 0.104. The molecule has 4 aromatic rings. The Bertz CT molecular complexity index is 1170. The monoisotopic (exact) mass is 432 g/mol. The van der Waals surface area contributed by atoms with Crippen LogP contribution in [0.2, 0.25) is 0 Å². The smallest absolute Gasteiger partial charge is 0.189 e. The molecule has 2 heterocycles. The number of methoxy groups -OCH3 is 2. The van der Waals surface area contributed by atoms with Crippen LogP contribution in [0.3, 0.4) is 0 Å². The Morgan fingerprint density at radius 3 is 2.30 bits per heavy atom. The van der Waals surface area contributed by atoms with E-state index >= 15 is 0 Å². The molecule has 0 spiro atoms. The highest BCUT2D eigenvalue weighted by Gasteiger charge is 2.16. The van der Waals surface area contributed by atoms with Crippen LogP contribution in [0.5, 0.6) is 11.5 Å². The van der Waals surface area contributed by atoms with E-state index in [1.54, 1.807) is 55.1 Å². The van der Waals surface area contributed by atoms with Gasteiger partial charge in [-0.2, -0.15) is 0 Å². The first-order valence-corrected chi connectivity index (χ1v) is 11.1. The molecular weight excluding hydrogens is 412 g/mol. The zero-order chi connectivity index (χ0) is 20.9. The van der Waals surface area contributed by atoms with Crippen molar-refractivity contribution in [3.8, 4) is 32.4 Å². The molecule has 0 aliphatic carbocycles. The van der Waals surface area contributed by atoms with E-state index in [2.05, 4.69) is 6.07 Å². The summed E-state index contributed by atoms with van der Waals surface area (Å²) in [4.78, 5) is 15.3. The molecular formula is C25H20O3S2. The van der Waals surface area contributed by atoms with E-state index in [-0.39, 0.29) is 5.78 Å². The first kappa shape index (κ1) is 20.1. The van der Waals surface area contributed by atoms with Crippen molar-refractivity contribution in [2.45, 2.75) is 0 Å². The molecule has 0 N–H and O–H groups in total. The fourth-order valence-electron chi connectivity index (χ4n) is 3.29. The Morgan fingerprint density at radius 1 is 0.867 bits per heavy atom. The molecule has 0 aliphatic rings. The predicted molar refractivity (Wildman–Crippen MR) is 126 cm³/mol. The number of ketones is 1. The Balaban J connectivity index is 1.68. The number of hydrogen-bond acceptors (Lipinski definition) is 5. The van der Waals surface area contributed by atoms with Crippen molar-refractivity contribution in [3.05, 3.63) is 88.6 Å². The molecule has 150 valence electrons. The van der Waals surface area contributed by atoms with Gasteiger partial charge in [0.25, 0.3) is 0 Å². The first-order valence-electron chi connectivity index (χ1n) is 9.36. The van der Waals surface area contributed by atoms with Crippen LogP contribution in [-0.4, -0.2) is 20.0 Å². The topological polar surface area (TPSA) is 35.5 Å². The minimum absolute atomic E-state index is 0.117. The van der Waals surface area contributed by atoms with Gasteiger partial charge >= 0.3 is 0 Å². The summed E-state index contributed by atoms with van der Waals surface area (Å²) in [6.45, 7) is 0. The van der Waals surface area contributed by atoms with Crippen molar-refractivity contribution < 1.29 is 14.3 Å². The SMILES string of the molecule is COc1ccc(-c2cccs2)cc1C=CC(=O)c1cccc(-c2cccs2)c1OC. The van der Waals surface area contributed by atoms with Gasteiger partial charge in [-0.3, -0.25) is 4.79 Å². The summed E-state index contributed by atoms with van der Waals surface area (Å²) in [5.74, 6) is 1.20. The minimum Gasteiger partial charge on any atom is -0.496 e. The van der Waals surface area contributed by atoms with Gasteiger partial charge in [-0.25, -0.2) is 0 Å². The van der Waals surface area contributed by atoms with E-state index in [0.717, 1.165) is 27.3 Å². The largest absolute Gasteiger partial charge is 0.496 e. The molecule has 5 heteroatoms. The number of carbonyl (C=O) groups is 1. The molecule has 2 aromatic carbocycles. The third-order valence-corrected chi connectivity index (χ3v) is 6.54. The molecule has 0 saturated carbocycles. The summed E-state index contributed by atoms with van der Waals surface area (Å²) in [6, 6.07) is 19.7. The number of rotatable bonds is 7. The van der Waals surface area contributed by atoms with E-state index in [4.69, 9.17) is 9.47 Å². The van der Waals surface area contributed by atoms with Crippen molar-refractivity contribution in [3.63, 3.8) is 0 Å². The molecule has 30 heavy (non-hydrogen) atoms. The van der Waals surface area contributed by atoms with Crippen LogP contribution in [0.15, 0.2) is 77.5 Å². The van der Waals surface area contributed by atoms with Crippen molar-refractivity contribution >= 4 is 34.5 Å². The predicted octanol–water partition coefficient (Wildman–Crippen LogP) is 7.06. The quantitative estimate of drug-likeness (QED) is 0.232. The van der Waals surface area contributed by atoms with Crippen molar-refractivity contribution in [1.82, 2.24) is 0 Å². The van der Waals surface area contributed by atoms with Crippen LogP contribution in [0.4, 0.5) is 0 Å². The van der Waals surface area contributed by atoms with Gasteiger partial charge in [-0.05, 0) is 70.9 Å². The van der Waals surface area contributed by atoms with Crippen molar-refractivity contribution in [2.24, 2.45) is 0 Å². The molecule has 0 aliphatic heterocycles. The third kappa shape index (κ3) is 4.08. The second kappa shape index (κ2) is 9.11. The minimum atomic E-state index is -0.117. The van der Waals surface area contributed by atoms with Gasteiger partial charge in [-0.1, -0.05) is 18.2 Å². The number of benzene rings is 2. The van der Waals surface area contributed by atoms with Crippen LogP contribution < -0.4 is 9.47 Å². The Labute approximate surface area is 183 Å². The van der Waals surface area contributed by atoms with Crippen LogP contribution in [0.25, 0.3) is 27.0 Å². The average Bonchev–Trinajstić information content (AvgIpc) is 3.51. The number of hydrogen-bond donors (Lipinski definition) is 0. The van der Waals surface area contributed by atoms with E-state index in [1.165, 1.54) is 4.88 Å². The average molecular weight is 433 g/mol. The number of ether oxygens (including phenoxy) is 2. The Kier molecular flexibility index (Phi) is 6.12. The van der Waals surface area contributed by atoms with E-state index in [0.29, 0.717) is 11.3 Å². The molecule has 0 unspecified atom stereocenters. The van der Waals surface area contributed by atoms with E-state index in [1.807, 2.05) is 59.3 Å². The lowest BCUT2D eigenvalue weighted by Gasteiger charge is -2.11. The maximum absolute atomic E-state index is 13.0. The highest BCUT2D eigenvalue weighted by atomic mass is 32.1. The van der Waals surface area contributed by atoms with E-state index in [9.17, 15) is 4.79 Å². The van der Waals surface area contributed by atoms with Crippen LogP contribution in [0.1, 0.15) is 15.9 Å². The summed E-state index contributed by atoms with van der Waals surface area (Å²) < 4.78 is 11.1. The number of allylic oxidation sites excluding steroid dienone is 1. The highest BCUT2D eigenvalue weighted by molar-refractivity contribution is 7.13. The van der Waals surface area contributed by atoms with Crippen molar-refractivity contribution in [2.75, 3.05) is 14.2 Å². The molecule has 0 atom stereocenters. The maximum Gasteiger partial charge on any atom is 0.189 e. The lowest BCUT2D eigenvalue weighted by Crippen LogP contribution is -2.00. The number of thiophene rings is 2. The summed E-state index contributed by atoms with van der Waals surface area (Å²) in [7, 11) is 3.23. The molecule has 0 bridgehead atoms. The second-order valence-electron chi connectivity index (χ2n) is 6.50. The summed E-state index contributed by atoms with van der Waals surface area (Å²) in [5.41, 5.74) is 3.40. The normalized spacial score (nSPS) is 11.0. The summed E-state index contributed by atoms with van der Waals surface area (Å²) >= 11 is 3.29. The number of carbonyl (C=O) groups excluding carboxylic acids is 1. The molecule has 4 rings (SSSR count). The zero-order valence-electron chi connectivity index (χ0n) is 16.6. The Hall–Kier alpha value is -3.15. The van der Waals surface area contributed by atoms with Crippen LogP contribution in [-0.2, 0) is 0 Å². The lowest BCUT2D eigenvalue weighted by atomic mass is 10.0.